The van der Waals surface area contributed by atoms with Crippen molar-refractivity contribution in [2.45, 2.75) is 18.4 Å². The number of sulfonamides is 1. The van der Waals surface area contributed by atoms with Crippen LogP contribution in [0.5, 0.6) is 5.75 Å². The standard InChI is InChI=1S/C23H28N2O7S/c1-3-31-20-8-4-18(5-9-20)16-24(2)22(26)17-32-23(27)19-6-10-21(11-7-19)33(28,29)25-12-14-30-15-13-25/h4-11H,3,12-17H2,1-2H3. The maximum Gasteiger partial charge on any atom is 0.338 e. The van der Waals surface area contributed by atoms with E-state index in [2.05, 4.69) is 0 Å². The number of ether oxygens (including phenoxy) is 3. The zero-order chi connectivity index (χ0) is 23.8. The summed E-state index contributed by atoms with van der Waals surface area (Å²) in [5.74, 6) is -0.301. The van der Waals surface area contributed by atoms with Crippen LogP contribution in [0.3, 0.4) is 0 Å². The van der Waals surface area contributed by atoms with Gasteiger partial charge in [-0.05, 0) is 48.9 Å². The Bertz CT molecular complexity index is 1050. The molecule has 0 spiro atoms. The highest BCUT2D eigenvalue weighted by atomic mass is 32.2. The summed E-state index contributed by atoms with van der Waals surface area (Å²) >= 11 is 0. The molecular formula is C23H28N2O7S. The van der Waals surface area contributed by atoms with E-state index in [9.17, 15) is 18.0 Å². The van der Waals surface area contributed by atoms with E-state index in [1.165, 1.54) is 33.5 Å². The average Bonchev–Trinajstić information content (AvgIpc) is 2.84. The second kappa shape index (κ2) is 11.3. The summed E-state index contributed by atoms with van der Waals surface area (Å²) in [6.45, 7) is 3.71. The number of rotatable bonds is 9. The van der Waals surface area contributed by atoms with Crippen LogP contribution in [-0.2, 0) is 30.8 Å². The van der Waals surface area contributed by atoms with Gasteiger partial charge in [0.2, 0.25) is 10.0 Å². The second-order valence-electron chi connectivity index (χ2n) is 7.44. The van der Waals surface area contributed by atoms with Crippen molar-refractivity contribution in [2.75, 3.05) is 46.6 Å². The topological polar surface area (TPSA) is 102 Å². The predicted octanol–water partition coefficient (Wildman–Crippen LogP) is 1.92. The number of amides is 1. The van der Waals surface area contributed by atoms with E-state index in [-0.39, 0.29) is 16.4 Å². The summed E-state index contributed by atoms with van der Waals surface area (Å²) in [5, 5.41) is 0. The molecule has 0 atom stereocenters. The van der Waals surface area contributed by atoms with Crippen LogP contribution in [0.2, 0.25) is 0 Å². The molecule has 0 aromatic heterocycles. The Morgan fingerprint density at radius 1 is 1.03 bits per heavy atom. The van der Waals surface area contributed by atoms with Crippen LogP contribution in [0.25, 0.3) is 0 Å². The fourth-order valence-corrected chi connectivity index (χ4v) is 4.65. The van der Waals surface area contributed by atoms with E-state index in [1.54, 1.807) is 7.05 Å². The Balaban J connectivity index is 1.51. The zero-order valence-electron chi connectivity index (χ0n) is 18.7. The predicted molar refractivity (Wildman–Crippen MR) is 120 cm³/mol. The van der Waals surface area contributed by atoms with E-state index in [0.29, 0.717) is 39.5 Å². The number of carbonyl (C=O) groups is 2. The van der Waals surface area contributed by atoms with Gasteiger partial charge in [-0.15, -0.1) is 0 Å². The molecule has 1 aliphatic heterocycles. The van der Waals surface area contributed by atoms with Gasteiger partial charge >= 0.3 is 5.97 Å². The third-order valence-electron chi connectivity index (χ3n) is 5.10. The van der Waals surface area contributed by atoms with Crippen molar-refractivity contribution in [2.24, 2.45) is 0 Å². The van der Waals surface area contributed by atoms with Gasteiger partial charge in [0.05, 0.1) is 30.3 Å². The minimum atomic E-state index is -3.64. The molecule has 0 bridgehead atoms. The molecule has 1 aliphatic rings. The lowest BCUT2D eigenvalue weighted by molar-refractivity contribution is -0.133. The first-order chi connectivity index (χ1) is 15.8. The van der Waals surface area contributed by atoms with Gasteiger partial charge in [-0.1, -0.05) is 12.1 Å². The minimum absolute atomic E-state index is 0.0899. The molecule has 2 aromatic carbocycles. The summed E-state index contributed by atoms with van der Waals surface area (Å²) in [7, 11) is -2.02. The van der Waals surface area contributed by atoms with Crippen molar-refractivity contribution in [3.05, 3.63) is 59.7 Å². The highest BCUT2D eigenvalue weighted by molar-refractivity contribution is 7.89. The normalized spacial score (nSPS) is 14.5. The molecule has 0 radical (unpaired) electrons. The number of likely N-dealkylation sites (N-methyl/N-ethyl adjacent to an activating group) is 1. The summed E-state index contributed by atoms with van der Waals surface area (Å²) in [6.07, 6.45) is 0. The van der Waals surface area contributed by atoms with Crippen molar-refractivity contribution in [3.8, 4) is 5.75 Å². The molecule has 1 amide bonds. The molecule has 33 heavy (non-hydrogen) atoms. The first kappa shape index (κ1) is 24.7. The molecule has 0 aliphatic carbocycles. The van der Waals surface area contributed by atoms with E-state index in [0.717, 1.165) is 11.3 Å². The maximum atomic E-state index is 12.7. The molecule has 2 aromatic rings. The maximum absolute atomic E-state index is 12.7. The van der Waals surface area contributed by atoms with Gasteiger partial charge in [0.25, 0.3) is 5.91 Å². The van der Waals surface area contributed by atoms with Gasteiger partial charge in [0, 0.05) is 26.7 Å². The number of benzene rings is 2. The molecular weight excluding hydrogens is 448 g/mol. The monoisotopic (exact) mass is 476 g/mol. The summed E-state index contributed by atoms with van der Waals surface area (Å²) < 4.78 is 42.4. The highest BCUT2D eigenvalue weighted by Gasteiger charge is 2.26. The highest BCUT2D eigenvalue weighted by Crippen LogP contribution is 2.18. The van der Waals surface area contributed by atoms with Gasteiger partial charge in [0.15, 0.2) is 6.61 Å². The molecule has 3 rings (SSSR count). The quantitative estimate of drug-likeness (QED) is 0.510. The van der Waals surface area contributed by atoms with Crippen molar-refractivity contribution >= 4 is 21.9 Å². The summed E-state index contributed by atoms with van der Waals surface area (Å²) in [4.78, 5) is 26.2. The van der Waals surface area contributed by atoms with Gasteiger partial charge < -0.3 is 19.1 Å². The van der Waals surface area contributed by atoms with Gasteiger partial charge in [-0.3, -0.25) is 4.79 Å². The minimum Gasteiger partial charge on any atom is -0.494 e. The van der Waals surface area contributed by atoms with Gasteiger partial charge in [0.1, 0.15) is 5.75 Å². The van der Waals surface area contributed by atoms with Crippen LogP contribution in [0, 0.1) is 0 Å². The number of esters is 1. The van der Waals surface area contributed by atoms with Crippen LogP contribution in [0.15, 0.2) is 53.4 Å². The van der Waals surface area contributed by atoms with Crippen LogP contribution in [0.1, 0.15) is 22.8 Å². The number of carbonyl (C=O) groups excluding carboxylic acids is 2. The van der Waals surface area contributed by atoms with Crippen molar-refractivity contribution < 1.29 is 32.2 Å². The smallest absolute Gasteiger partial charge is 0.338 e. The molecule has 0 N–H and O–H groups in total. The molecule has 0 unspecified atom stereocenters. The van der Waals surface area contributed by atoms with Crippen LogP contribution in [0.4, 0.5) is 0 Å². The third-order valence-corrected chi connectivity index (χ3v) is 7.02. The lowest BCUT2D eigenvalue weighted by atomic mass is 10.2. The Morgan fingerprint density at radius 3 is 2.27 bits per heavy atom. The number of hydrogen-bond acceptors (Lipinski definition) is 7. The Hall–Kier alpha value is -2.95. The fourth-order valence-electron chi connectivity index (χ4n) is 3.24. The summed E-state index contributed by atoms with van der Waals surface area (Å²) in [5.41, 5.74) is 1.08. The Morgan fingerprint density at radius 2 is 1.67 bits per heavy atom. The number of morpholine rings is 1. The molecule has 9 nitrogen and oxygen atoms in total. The SMILES string of the molecule is CCOc1ccc(CN(C)C(=O)COC(=O)c2ccc(S(=O)(=O)N3CCOCC3)cc2)cc1. The Kier molecular flexibility index (Phi) is 8.43. The van der Waals surface area contributed by atoms with E-state index < -0.39 is 22.6 Å². The van der Waals surface area contributed by atoms with E-state index >= 15 is 0 Å². The first-order valence-electron chi connectivity index (χ1n) is 10.6. The number of hydrogen-bond donors (Lipinski definition) is 0. The lowest BCUT2D eigenvalue weighted by Crippen LogP contribution is -2.40. The molecule has 10 heteroatoms. The molecule has 178 valence electrons. The average molecular weight is 477 g/mol. The van der Waals surface area contributed by atoms with E-state index in [4.69, 9.17) is 14.2 Å². The van der Waals surface area contributed by atoms with Gasteiger partial charge in [-0.2, -0.15) is 4.31 Å². The summed E-state index contributed by atoms with van der Waals surface area (Å²) in [6, 6.07) is 12.9. The zero-order valence-corrected chi connectivity index (χ0v) is 19.5. The van der Waals surface area contributed by atoms with Gasteiger partial charge in [-0.25, -0.2) is 13.2 Å². The van der Waals surface area contributed by atoms with Crippen molar-refractivity contribution in [1.29, 1.82) is 0 Å². The van der Waals surface area contributed by atoms with E-state index in [1.807, 2.05) is 31.2 Å². The van der Waals surface area contributed by atoms with Crippen LogP contribution < -0.4 is 4.74 Å². The molecule has 0 saturated carbocycles. The molecule has 1 fully saturated rings. The Labute approximate surface area is 193 Å². The lowest BCUT2D eigenvalue weighted by Gasteiger charge is -2.26. The number of nitrogens with zero attached hydrogens (tertiary/aromatic N) is 2. The third kappa shape index (κ3) is 6.53. The van der Waals surface area contributed by atoms with Crippen LogP contribution in [-0.4, -0.2) is 76.1 Å². The first-order valence-corrected chi connectivity index (χ1v) is 12.1. The van der Waals surface area contributed by atoms with Crippen molar-refractivity contribution in [1.82, 2.24) is 9.21 Å². The fraction of sp³-hybridized carbons (Fsp3) is 0.391. The second-order valence-corrected chi connectivity index (χ2v) is 9.38. The molecule has 1 heterocycles. The van der Waals surface area contributed by atoms with Crippen molar-refractivity contribution in [3.63, 3.8) is 0 Å². The van der Waals surface area contributed by atoms with Crippen LogP contribution >= 0.6 is 0 Å². The largest absolute Gasteiger partial charge is 0.494 e. The molecule has 1 saturated heterocycles.